The minimum absolute atomic E-state index is 0.0121. The van der Waals surface area contributed by atoms with Crippen LogP contribution in [0.3, 0.4) is 0 Å². The third-order valence-corrected chi connectivity index (χ3v) is 2.68. The maximum Gasteiger partial charge on any atom is 0.295 e. The Morgan fingerprint density at radius 1 is 1.17 bits per heavy atom. The van der Waals surface area contributed by atoms with Crippen LogP contribution in [0, 0.1) is 0 Å². The lowest BCUT2D eigenvalue weighted by molar-refractivity contribution is 0.496. The van der Waals surface area contributed by atoms with Crippen molar-refractivity contribution < 1.29 is 13.0 Å². The summed E-state index contributed by atoms with van der Waals surface area (Å²) in [7, 11) is -4.02. The molecule has 0 unspecified atom stereocenters. The second-order valence-corrected chi connectivity index (χ2v) is 3.96. The quantitative estimate of drug-likeness (QED) is 0.667. The summed E-state index contributed by atoms with van der Waals surface area (Å²) in [6.07, 6.45) is 1.45. The van der Waals surface area contributed by atoms with E-state index in [1.165, 1.54) is 6.08 Å². The normalized spacial score (nSPS) is 14.6. The van der Waals surface area contributed by atoms with Crippen LogP contribution in [-0.4, -0.2) is 13.0 Å². The number of fused-ring (bicyclic) bond motifs is 1. The largest absolute Gasteiger partial charge is 0.295 e. The van der Waals surface area contributed by atoms with E-state index in [4.69, 9.17) is 4.55 Å². The molecule has 0 aliphatic heterocycles. The summed E-state index contributed by atoms with van der Waals surface area (Å²) in [5.41, 5.74) is 1.45. The minimum atomic E-state index is -4.02. The van der Waals surface area contributed by atoms with Crippen LogP contribution in [0.2, 0.25) is 0 Å². The average Bonchev–Trinajstić information content (AvgIpc) is 1.88. The Balaban J connectivity index is 2.54. The van der Waals surface area contributed by atoms with Crippen LogP contribution in [0.4, 0.5) is 0 Å². The van der Waals surface area contributed by atoms with Crippen molar-refractivity contribution in [2.45, 2.75) is 0 Å². The first-order chi connectivity index (χ1) is 5.59. The molecule has 1 aromatic carbocycles. The fourth-order valence-corrected chi connectivity index (χ4v) is 1.94. The molecule has 12 heavy (non-hydrogen) atoms. The van der Waals surface area contributed by atoms with Crippen molar-refractivity contribution in [1.82, 2.24) is 0 Å². The predicted octanol–water partition coefficient (Wildman–Crippen LogP) is 1.39. The van der Waals surface area contributed by atoms with Crippen molar-refractivity contribution >= 4 is 21.1 Å². The molecule has 1 N–H and O–H groups in total. The third kappa shape index (κ3) is 0.964. The van der Waals surface area contributed by atoms with Crippen molar-refractivity contribution in [2.75, 3.05) is 0 Å². The molecule has 0 radical (unpaired) electrons. The van der Waals surface area contributed by atoms with Crippen LogP contribution < -0.4 is 0 Å². The Kier molecular flexibility index (Phi) is 1.37. The van der Waals surface area contributed by atoms with Crippen LogP contribution in [-0.2, 0) is 10.1 Å². The molecule has 0 heterocycles. The van der Waals surface area contributed by atoms with Gasteiger partial charge in [-0.15, -0.1) is 0 Å². The zero-order chi connectivity index (χ0) is 8.77. The molecule has 4 heteroatoms. The van der Waals surface area contributed by atoms with Gasteiger partial charge in [-0.2, -0.15) is 8.42 Å². The fraction of sp³-hybridized carbons (Fsp3) is 0. The van der Waals surface area contributed by atoms with Crippen LogP contribution in [0.5, 0.6) is 0 Å². The summed E-state index contributed by atoms with van der Waals surface area (Å²) >= 11 is 0. The first kappa shape index (κ1) is 7.52. The van der Waals surface area contributed by atoms with Crippen LogP contribution in [0.1, 0.15) is 11.1 Å². The lowest BCUT2D eigenvalue weighted by Gasteiger charge is -2.16. The maximum absolute atomic E-state index is 10.7. The smallest absolute Gasteiger partial charge is 0.282 e. The first-order valence-corrected chi connectivity index (χ1v) is 4.81. The molecule has 1 aromatic rings. The van der Waals surface area contributed by atoms with E-state index < -0.39 is 10.1 Å². The van der Waals surface area contributed by atoms with E-state index >= 15 is 0 Å². The molecule has 0 amide bonds. The van der Waals surface area contributed by atoms with Crippen molar-refractivity contribution in [1.29, 1.82) is 0 Å². The van der Waals surface area contributed by atoms with Gasteiger partial charge in [0.25, 0.3) is 10.1 Å². The number of benzene rings is 1. The van der Waals surface area contributed by atoms with Gasteiger partial charge in [-0.3, -0.25) is 4.55 Å². The molecule has 2 rings (SSSR count). The molecule has 0 spiro atoms. The standard InChI is InChI=1S/C8H6O3S/c9-12(10,11)8-5-6-3-1-2-4-7(6)8/h1-5H,(H,9,10,11). The summed E-state index contributed by atoms with van der Waals surface area (Å²) in [5, 5.41) is 0. The molecule has 3 nitrogen and oxygen atoms in total. The van der Waals surface area contributed by atoms with Gasteiger partial charge < -0.3 is 0 Å². The highest BCUT2D eigenvalue weighted by Crippen LogP contribution is 2.35. The maximum atomic E-state index is 10.7. The molecule has 0 fully saturated rings. The minimum Gasteiger partial charge on any atom is -0.282 e. The van der Waals surface area contributed by atoms with Gasteiger partial charge in [0.15, 0.2) is 0 Å². The van der Waals surface area contributed by atoms with Crippen LogP contribution in [0.25, 0.3) is 11.0 Å². The van der Waals surface area contributed by atoms with E-state index in [1.54, 1.807) is 18.2 Å². The number of rotatable bonds is 1. The van der Waals surface area contributed by atoms with Gasteiger partial charge in [0.2, 0.25) is 0 Å². The van der Waals surface area contributed by atoms with Gasteiger partial charge >= 0.3 is 0 Å². The second-order valence-electron chi connectivity index (χ2n) is 2.57. The van der Waals surface area contributed by atoms with Gasteiger partial charge in [0.1, 0.15) is 4.91 Å². The SMILES string of the molecule is O=S(=O)(O)C1=Cc2ccccc21. The fourth-order valence-electron chi connectivity index (χ4n) is 1.20. The van der Waals surface area contributed by atoms with E-state index in [1.807, 2.05) is 6.07 Å². The lowest BCUT2D eigenvalue weighted by atomic mass is 9.98. The Morgan fingerprint density at radius 2 is 1.83 bits per heavy atom. The first-order valence-electron chi connectivity index (χ1n) is 3.37. The zero-order valence-corrected chi connectivity index (χ0v) is 6.88. The van der Waals surface area contributed by atoms with E-state index in [2.05, 4.69) is 0 Å². The third-order valence-electron chi connectivity index (χ3n) is 1.79. The van der Waals surface area contributed by atoms with Gasteiger partial charge in [-0.1, -0.05) is 24.3 Å². The molecular formula is C8H6O3S. The molecular weight excluding hydrogens is 176 g/mol. The van der Waals surface area contributed by atoms with E-state index in [0.29, 0.717) is 5.56 Å². The van der Waals surface area contributed by atoms with Crippen molar-refractivity contribution in [3.63, 3.8) is 0 Å². The number of hydrogen-bond donors (Lipinski definition) is 1. The Morgan fingerprint density at radius 3 is 2.42 bits per heavy atom. The summed E-state index contributed by atoms with van der Waals surface area (Å²) in [6, 6.07) is 7.01. The summed E-state index contributed by atoms with van der Waals surface area (Å²) in [4.78, 5) is 0.0121. The Bertz CT molecular complexity index is 457. The summed E-state index contributed by atoms with van der Waals surface area (Å²) in [5.74, 6) is 0. The highest BCUT2D eigenvalue weighted by Gasteiger charge is 2.25. The van der Waals surface area contributed by atoms with Crippen LogP contribution in [0.15, 0.2) is 24.3 Å². The molecule has 0 atom stereocenters. The van der Waals surface area contributed by atoms with Crippen molar-refractivity contribution in [3.05, 3.63) is 35.4 Å². The molecule has 0 bridgehead atoms. The Labute approximate surface area is 70.1 Å². The highest BCUT2D eigenvalue weighted by molar-refractivity contribution is 7.95. The molecule has 0 aromatic heterocycles. The summed E-state index contributed by atoms with van der Waals surface area (Å²) in [6.45, 7) is 0. The van der Waals surface area contributed by atoms with Gasteiger partial charge in [-0.25, -0.2) is 0 Å². The van der Waals surface area contributed by atoms with Crippen molar-refractivity contribution in [3.8, 4) is 0 Å². The van der Waals surface area contributed by atoms with Crippen LogP contribution >= 0.6 is 0 Å². The molecule has 0 saturated heterocycles. The van der Waals surface area contributed by atoms with Gasteiger partial charge in [-0.05, 0) is 11.6 Å². The van der Waals surface area contributed by atoms with E-state index in [-0.39, 0.29) is 4.91 Å². The van der Waals surface area contributed by atoms with Crippen molar-refractivity contribution in [2.24, 2.45) is 0 Å². The molecule has 1 aliphatic carbocycles. The Hall–Kier alpha value is -1.13. The summed E-state index contributed by atoms with van der Waals surface area (Å²) < 4.78 is 30.0. The highest BCUT2D eigenvalue weighted by atomic mass is 32.2. The van der Waals surface area contributed by atoms with E-state index in [9.17, 15) is 8.42 Å². The second kappa shape index (κ2) is 2.18. The van der Waals surface area contributed by atoms with Gasteiger partial charge in [0, 0.05) is 5.56 Å². The predicted molar refractivity (Wildman–Crippen MR) is 45.9 cm³/mol. The lowest BCUT2D eigenvalue weighted by Crippen LogP contribution is -2.08. The zero-order valence-electron chi connectivity index (χ0n) is 6.06. The topological polar surface area (TPSA) is 54.4 Å². The number of hydrogen-bond acceptors (Lipinski definition) is 2. The van der Waals surface area contributed by atoms with E-state index in [0.717, 1.165) is 5.56 Å². The monoisotopic (exact) mass is 182 g/mol. The molecule has 0 saturated carbocycles. The van der Waals surface area contributed by atoms with Gasteiger partial charge in [0.05, 0.1) is 0 Å². The molecule has 1 aliphatic rings. The molecule has 62 valence electrons. The average molecular weight is 182 g/mol.